The monoisotopic (exact) mass is 359 g/mol. The van der Waals surface area contributed by atoms with Crippen LogP contribution in [0.15, 0.2) is 48.5 Å². The first kappa shape index (κ1) is 19.4. The van der Waals surface area contributed by atoms with E-state index in [1.54, 1.807) is 30.3 Å². The molecule has 0 radical (unpaired) electrons. The second-order valence-corrected chi connectivity index (χ2v) is 5.69. The molecule has 6 heteroatoms. The maximum Gasteiger partial charge on any atom is 0.310 e. The maximum absolute atomic E-state index is 13.3. The van der Waals surface area contributed by atoms with Gasteiger partial charge in [0, 0.05) is 18.7 Å². The number of ether oxygens (including phenoxy) is 2. The molecule has 2 rings (SSSR count). The van der Waals surface area contributed by atoms with Crippen LogP contribution in [0, 0.1) is 5.82 Å². The van der Waals surface area contributed by atoms with E-state index in [4.69, 9.17) is 9.47 Å². The van der Waals surface area contributed by atoms with Crippen molar-refractivity contribution < 1.29 is 23.5 Å². The number of carbonyl (C=O) groups excluding carboxylic acids is 2. The fourth-order valence-electron chi connectivity index (χ4n) is 2.52. The number of hydrogen-bond acceptors (Lipinski definition) is 4. The number of halogens is 1. The minimum absolute atomic E-state index is 0.0211. The number of amides is 1. The van der Waals surface area contributed by atoms with Crippen LogP contribution >= 0.6 is 0 Å². The highest BCUT2D eigenvalue weighted by atomic mass is 19.1. The number of methoxy groups -OCH3 is 1. The van der Waals surface area contributed by atoms with Crippen LogP contribution in [-0.2, 0) is 27.3 Å². The van der Waals surface area contributed by atoms with Gasteiger partial charge in [0.25, 0.3) is 5.91 Å². The fourth-order valence-corrected chi connectivity index (χ4v) is 2.52. The zero-order valence-corrected chi connectivity index (χ0v) is 14.9. The largest absolute Gasteiger partial charge is 0.496 e. The van der Waals surface area contributed by atoms with Gasteiger partial charge in [-0.15, -0.1) is 0 Å². The predicted molar refractivity (Wildman–Crippen MR) is 95.1 cm³/mol. The van der Waals surface area contributed by atoms with Crippen LogP contribution in [0.3, 0.4) is 0 Å². The predicted octanol–water partition coefficient (Wildman–Crippen LogP) is 2.97. The summed E-state index contributed by atoms with van der Waals surface area (Å²) in [5.74, 6) is -0.596. The van der Waals surface area contributed by atoms with E-state index in [2.05, 4.69) is 0 Å². The number of rotatable bonds is 8. The highest BCUT2D eigenvalue weighted by molar-refractivity contribution is 5.81. The molecular weight excluding hydrogens is 337 g/mol. The number of esters is 1. The van der Waals surface area contributed by atoms with Crippen molar-refractivity contribution in [1.82, 2.24) is 4.90 Å². The third-order valence-corrected chi connectivity index (χ3v) is 3.88. The molecule has 0 heterocycles. The second-order valence-electron chi connectivity index (χ2n) is 5.69. The Morgan fingerprint density at radius 1 is 1.12 bits per heavy atom. The summed E-state index contributed by atoms with van der Waals surface area (Å²) < 4.78 is 23.5. The molecule has 0 unspecified atom stereocenters. The minimum Gasteiger partial charge on any atom is -0.496 e. The minimum atomic E-state index is -0.510. The molecule has 0 spiro atoms. The number of hydrogen-bond donors (Lipinski definition) is 0. The summed E-state index contributed by atoms with van der Waals surface area (Å²) in [6.07, 6.45) is 0.0211. The van der Waals surface area contributed by atoms with Gasteiger partial charge in [-0.3, -0.25) is 9.59 Å². The first-order valence-electron chi connectivity index (χ1n) is 8.33. The van der Waals surface area contributed by atoms with E-state index < -0.39 is 5.97 Å². The summed E-state index contributed by atoms with van der Waals surface area (Å²) in [6.45, 7) is 2.15. The summed E-state index contributed by atoms with van der Waals surface area (Å²) >= 11 is 0. The average molecular weight is 359 g/mol. The Morgan fingerprint density at radius 3 is 2.58 bits per heavy atom. The van der Waals surface area contributed by atoms with Crippen molar-refractivity contribution >= 4 is 11.9 Å². The van der Waals surface area contributed by atoms with E-state index in [0.717, 1.165) is 0 Å². The summed E-state index contributed by atoms with van der Waals surface area (Å²) in [7, 11) is 1.53. The van der Waals surface area contributed by atoms with Crippen molar-refractivity contribution in [3.8, 4) is 5.75 Å². The van der Waals surface area contributed by atoms with Crippen molar-refractivity contribution in [2.45, 2.75) is 19.9 Å². The third-order valence-electron chi connectivity index (χ3n) is 3.88. The molecule has 1 amide bonds. The molecule has 0 aliphatic rings. The molecule has 2 aromatic carbocycles. The topological polar surface area (TPSA) is 55.8 Å². The number of benzene rings is 2. The van der Waals surface area contributed by atoms with Gasteiger partial charge in [-0.1, -0.05) is 30.3 Å². The van der Waals surface area contributed by atoms with Crippen molar-refractivity contribution in [3.05, 3.63) is 65.5 Å². The molecule has 0 saturated heterocycles. The van der Waals surface area contributed by atoms with Gasteiger partial charge < -0.3 is 14.4 Å². The van der Waals surface area contributed by atoms with E-state index in [1.165, 1.54) is 24.1 Å². The summed E-state index contributed by atoms with van der Waals surface area (Å²) in [5, 5.41) is 0. The van der Waals surface area contributed by atoms with Crippen molar-refractivity contribution in [2.75, 3.05) is 20.3 Å². The van der Waals surface area contributed by atoms with Gasteiger partial charge in [-0.2, -0.15) is 0 Å². The van der Waals surface area contributed by atoms with Gasteiger partial charge in [0.05, 0.1) is 13.5 Å². The average Bonchev–Trinajstić information content (AvgIpc) is 2.64. The number of likely N-dealkylation sites (N-methyl/N-ethyl adjacent to an activating group) is 1. The lowest BCUT2D eigenvalue weighted by molar-refractivity contribution is -0.151. The van der Waals surface area contributed by atoms with Crippen LogP contribution in [0.25, 0.3) is 0 Å². The van der Waals surface area contributed by atoms with E-state index in [1.807, 2.05) is 13.0 Å². The smallest absolute Gasteiger partial charge is 0.310 e. The standard InChI is InChI=1S/C20H22FNO4/c1-3-22(13-15-7-6-9-17(21)11-15)19(23)14-26-20(24)12-16-8-4-5-10-18(16)25-2/h4-11H,3,12-14H2,1-2H3. The summed E-state index contributed by atoms with van der Waals surface area (Å²) in [5.41, 5.74) is 1.38. The third kappa shape index (κ3) is 5.58. The van der Waals surface area contributed by atoms with Crippen LogP contribution in [0.2, 0.25) is 0 Å². The van der Waals surface area contributed by atoms with Crippen LogP contribution in [0.4, 0.5) is 4.39 Å². The van der Waals surface area contributed by atoms with E-state index in [9.17, 15) is 14.0 Å². The molecule has 0 bridgehead atoms. The zero-order valence-electron chi connectivity index (χ0n) is 14.9. The summed E-state index contributed by atoms with van der Waals surface area (Å²) in [4.78, 5) is 25.8. The first-order chi connectivity index (χ1) is 12.5. The lowest BCUT2D eigenvalue weighted by Crippen LogP contribution is -2.34. The summed E-state index contributed by atoms with van der Waals surface area (Å²) in [6, 6.07) is 13.2. The van der Waals surface area contributed by atoms with Gasteiger partial charge in [0.2, 0.25) is 0 Å². The Morgan fingerprint density at radius 2 is 1.88 bits per heavy atom. The number of nitrogens with zero attached hydrogens (tertiary/aromatic N) is 1. The van der Waals surface area contributed by atoms with Gasteiger partial charge in [-0.05, 0) is 30.7 Å². The Bertz CT molecular complexity index is 763. The lowest BCUT2D eigenvalue weighted by atomic mass is 10.1. The van der Waals surface area contributed by atoms with E-state index >= 15 is 0 Å². The molecule has 0 aliphatic heterocycles. The van der Waals surface area contributed by atoms with Crippen LogP contribution < -0.4 is 4.74 Å². The Balaban J connectivity index is 1.88. The van der Waals surface area contributed by atoms with Crippen LogP contribution in [0.5, 0.6) is 5.75 Å². The Kier molecular flexibility index (Phi) is 7.14. The second kappa shape index (κ2) is 9.56. The SMILES string of the molecule is CCN(Cc1cccc(F)c1)C(=O)COC(=O)Cc1ccccc1OC. The molecule has 5 nitrogen and oxygen atoms in total. The molecular formula is C20H22FNO4. The fraction of sp³-hybridized carbons (Fsp3) is 0.300. The molecule has 0 saturated carbocycles. The first-order valence-corrected chi connectivity index (χ1v) is 8.33. The highest BCUT2D eigenvalue weighted by Crippen LogP contribution is 2.18. The maximum atomic E-state index is 13.3. The molecule has 26 heavy (non-hydrogen) atoms. The lowest BCUT2D eigenvalue weighted by Gasteiger charge is -2.21. The molecule has 0 aliphatic carbocycles. The van der Waals surface area contributed by atoms with Gasteiger partial charge >= 0.3 is 5.97 Å². The Hall–Kier alpha value is -2.89. The van der Waals surface area contributed by atoms with Crippen molar-refractivity contribution in [3.63, 3.8) is 0 Å². The van der Waals surface area contributed by atoms with Gasteiger partial charge in [-0.25, -0.2) is 4.39 Å². The molecule has 0 N–H and O–H groups in total. The van der Waals surface area contributed by atoms with Crippen LogP contribution in [0.1, 0.15) is 18.1 Å². The van der Waals surface area contributed by atoms with Crippen LogP contribution in [-0.4, -0.2) is 37.0 Å². The molecule has 0 atom stereocenters. The molecule has 138 valence electrons. The normalized spacial score (nSPS) is 10.3. The Labute approximate surface area is 152 Å². The van der Waals surface area contributed by atoms with Gasteiger partial charge in [0.1, 0.15) is 11.6 Å². The molecule has 2 aromatic rings. The molecule has 0 aromatic heterocycles. The van der Waals surface area contributed by atoms with E-state index in [-0.39, 0.29) is 31.3 Å². The zero-order chi connectivity index (χ0) is 18.9. The molecule has 0 fully saturated rings. The number of para-hydroxylation sites is 1. The van der Waals surface area contributed by atoms with E-state index in [0.29, 0.717) is 23.4 Å². The van der Waals surface area contributed by atoms with Crippen molar-refractivity contribution in [2.24, 2.45) is 0 Å². The van der Waals surface area contributed by atoms with Crippen molar-refractivity contribution in [1.29, 1.82) is 0 Å². The highest BCUT2D eigenvalue weighted by Gasteiger charge is 2.16. The van der Waals surface area contributed by atoms with Gasteiger partial charge in [0.15, 0.2) is 6.61 Å². The number of carbonyl (C=O) groups is 2. The quantitative estimate of drug-likeness (QED) is 0.680.